The second-order valence-corrected chi connectivity index (χ2v) is 4.80. The van der Waals surface area contributed by atoms with Crippen LogP contribution in [0.15, 0.2) is 10.6 Å². The molecule has 1 aliphatic carbocycles. The van der Waals surface area contributed by atoms with Crippen LogP contribution < -0.4 is 12.4 Å². The Balaban J connectivity index is 0.00000196. The molecule has 0 amide bonds. The highest BCUT2D eigenvalue weighted by atomic mass is 35.5. The Kier molecular flexibility index (Phi) is 7.68. The largest absolute Gasteiger partial charge is 1.00 e. The van der Waals surface area contributed by atoms with Crippen LogP contribution in [-0.2, 0) is 0 Å². The molecule has 0 atom stereocenters. The van der Waals surface area contributed by atoms with Gasteiger partial charge in [-0.15, -0.1) is 0 Å². The Morgan fingerprint density at radius 3 is 2.13 bits per heavy atom. The lowest BCUT2D eigenvalue weighted by Gasteiger charge is -2.11. The first kappa shape index (κ1) is 15.3. The van der Waals surface area contributed by atoms with E-state index < -0.39 is 0 Å². The predicted octanol–water partition coefficient (Wildman–Crippen LogP) is 0.747. The third-order valence-electron chi connectivity index (χ3n) is 2.54. The Labute approximate surface area is 109 Å². The number of rotatable bonds is 1. The zero-order valence-corrected chi connectivity index (χ0v) is 11.6. The molecule has 0 aliphatic heterocycles. The first-order chi connectivity index (χ1) is 6.63. The van der Waals surface area contributed by atoms with Crippen molar-refractivity contribution < 1.29 is 17.0 Å². The number of hydrogen-bond donors (Lipinski definition) is 0. The van der Waals surface area contributed by atoms with Crippen molar-refractivity contribution in [2.45, 2.75) is 38.5 Å². The molecule has 0 spiro atoms. The van der Waals surface area contributed by atoms with E-state index in [2.05, 4.69) is 0 Å². The summed E-state index contributed by atoms with van der Waals surface area (Å²) in [7, 11) is 3.91. The molecule has 0 aromatic rings. The molecule has 88 valence electrons. The maximum Gasteiger partial charge on any atom is 0.273 e. The first-order valence-electron chi connectivity index (χ1n) is 5.20. The third kappa shape index (κ3) is 4.76. The van der Waals surface area contributed by atoms with Crippen LogP contribution in [0.4, 0.5) is 0 Å². The van der Waals surface area contributed by atoms with E-state index in [0.29, 0.717) is 0 Å². The van der Waals surface area contributed by atoms with Crippen LogP contribution in [0.3, 0.4) is 0 Å². The quantitative estimate of drug-likeness (QED) is 0.489. The summed E-state index contributed by atoms with van der Waals surface area (Å²) in [4.78, 5) is 0. The molecule has 0 bridgehead atoms. The lowest BCUT2D eigenvalue weighted by atomic mass is 10.0. The lowest BCUT2D eigenvalue weighted by Crippen LogP contribution is -3.00. The SMILES string of the molecule is C[N+](C)=C(Cl)/C1=C(\Cl)CCCCCC1.[Cl-]. The number of hydrogen-bond acceptors (Lipinski definition) is 0. The van der Waals surface area contributed by atoms with Crippen molar-refractivity contribution in [3.63, 3.8) is 0 Å². The topological polar surface area (TPSA) is 3.01 Å². The van der Waals surface area contributed by atoms with Crippen LogP contribution in [0.2, 0.25) is 0 Å². The zero-order valence-electron chi connectivity index (χ0n) is 9.32. The number of halogens is 3. The van der Waals surface area contributed by atoms with Crippen LogP contribution in [-0.4, -0.2) is 23.8 Å². The number of allylic oxidation sites excluding steroid dienone is 2. The summed E-state index contributed by atoms with van der Waals surface area (Å²) >= 11 is 12.5. The highest BCUT2D eigenvalue weighted by Gasteiger charge is 2.17. The van der Waals surface area contributed by atoms with Crippen molar-refractivity contribution in [1.82, 2.24) is 0 Å². The molecule has 4 heteroatoms. The normalized spacial score (nSPS) is 22.4. The van der Waals surface area contributed by atoms with E-state index in [-0.39, 0.29) is 12.4 Å². The Bertz CT molecular complexity index is 265. The summed E-state index contributed by atoms with van der Waals surface area (Å²) in [5.41, 5.74) is 1.15. The van der Waals surface area contributed by atoms with Crippen molar-refractivity contribution in [1.29, 1.82) is 0 Å². The minimum Gasteiger partial charge on any atom is -1.00 e. The second-order valence-electron chi connectivity index (χ2n) is 3.98. The van der Waals surface area contributed by atoms with Crippen LogP contribution in [0.25, 0.3) is 0 Å². The summed E-state index contributed by atoms with van der Waals surface area (Å²) in [5.74, 6) is 0. The first-order valence-corrected chi connectivity index (χ1v) is 5.96. The molecular weight excluding hydrogens is 252 g/mol. The van der Waals surface area contributed by atoms with Gasteiger partial charge in [0.15, 0.2) is 0 Å². The van der Waals surface area contributed by atoms with Gasteiger partial charge in [0.05, 0.1) is 5.57 Å². The molecule has 0 saturated heterocycles. The summed E-state index contributed by atoms with van der Waals surface area (Å²) in [6.45, 7) is 0. The van der Waals surface area contributed by atoms with Gasteiger partial charge < -0.3 is 12.4 Å². The monoisotopic (exact) mass is 269 g/mol. The van der Waals surface area contributed by atoms with E-state index in [1.807, 2.05) is 18.7 Å². The molecule has 0 heterocycles. The highest BCUT2D eigenvalue weighted by molar-refractivity contribution is 6.68. The van der Waals surface area contributed by atoms with Crippen LogP contribution in [0.5, 0.6) is 0 Å². The van der Waals surface area contributed by atoms with Gasteiger partial charge in [0, 0.05) is 5.03 Å². The van der Waals surface area contributed by atoms with Crippen molar-refractivity contribution in [2.24, 2.45) is 0 Å². The molecule has 0 fully saturated rings. The molecule has 1 aliphatic rings. The Morgan fingerprint density at radius 2 is 1.60 bits per heavy atom. The van der Waals surface area contributed by atoms with Crippen LogP contribution >= 0.6 is 23.2 Å². The van der Waals surface area contributed by atoms with Crippen LogP contribution in [0, 0.1) is 0 Å². The van der Waals surface area contributed by atoms with Crippen molar-refractivity contribution in [3.05, 3.63) is 10.6 Å². The van der Waals surface area contributed by atoms with Gasteiger partial charge in [0.25, 0.3) is 5.17 Å². The van der Waals surface area contributed by atoms with Crippen molar-refractivity contribution in [3.8, 4) is 0 Å². The molecule has 0 saturated carbocycles. The molecule has 0 aromatic carbocycles. The zero-order chi connectivity index (χ0) is 10.6. The van der Waals surface area contributed by atoms with E-state index >= 15 is 0 Å². The molecular formula is C11H18Cl3N. The third-order valence-corrected chi connectivity index (χ3v) is 3.53. The van der Waals surface area contributed by atoms with Gasteiger partial charge in [0.1, 0.15) is 14.1 Å². The molecule has 0 aromatic heterocycles. The summed E-state index contributed by atoms with van der Waals surface area (Å²) in [6, 6.07) is 0. The minimum atomic E-state index is 0. The fourth-order valence-corrected chi connectivity index (χ4v) is 2.28. The van der Waals surface area contributed by atoms with E-state index in [0.717, 1.165) is 28.6 Å². The molecule has 1 rings (SSSR count). The van der Waals surface area contributed by atoms with Crippen molar-refractivity contribution in [2.75, 3.05) is 14.1 Å². The Hall–Kier alpha value is 0.280. The van der Waals surface area contributed by atoms with Gasteiger partial charge in [-0.2, -0.15) is 0 Å². The van der Waals surface area contributed by atoms with Gasteiger partial charge in [-0.1, -0.05) is 24.4 Å². The summed E-state index contributed by atoms with van der Waals surface area (Å²) in [6.07, 6.45) is 7.00. The van der Waals surface area contributed by atoms with E-state index in [1.54, 1.807) is 0 Å². The van der Waals surface area contributed by atoms with Crippen molar-refractivity contribution >= 4 is 28.4 Å². The molecule has 0 N–H and O–H groups in total. The lowest BCUT2D eigenvalue weighted by molar-refractivity contribution is -0.461. The van der Waals surface area contributed by atoms with Gasteiger partial charge in [-0.3, -0.25) is 0 Å². The maximum absolute atomic E-state index is 6.25. The molecule has 0 radical (unpaired) electrons. The maximum atomic E-state index is 6.25. The van der Waals surface area contributed by atoms with Gasteiger partial charge in [-0.25, -0.2) is 4.58 Å². The fourth-order valence-electron chi connectivity index (χ4n) is 1.71. The van der Waals surface area contributed by atoms with Gasteiger partial charge >= 0.3 is 0 Å². The van der Waals surface area contributed by atoms with E-state index in [4.69, 9.17) is 23.2 Å². The van der Waals surface area contributed by atoms with Gasteiger partial charge in [-0.05, 0) is 37.3 Å². The van der Waals surface area contributed by atoms with E-state index in [1.165, 1.54) is 25.7 Å². The minimum absolute atomic E-state index is 0. The molecule has 0 unspecified atom stereocenters. The second kappa shape index (κ2) is 7.54. The molecule has 1 nitrogen and oxygen atoms in total. The van der Waals surface area contributed by atoms with E-state index in [9.17, 15) is 0 Å². The summed E-state index contributed by atoms with van der Waals surface area (Å²) < 4.78 is 1.93. The fraction of sp³-hybridized carbons (Fsp3) is 0.727. The van der Waals surface area contributed by atoms with Crippen LogP contribution in [0.1, 0.15) is 38.5 Å². The Morgan fingerprint density at radius 1 is 1.07 bits per heavy atom. The van der Waals surface area contributed by atoms with Gasteiger partial charge in [0.2, 0.25) is 0 Å². The predicted molar refractivity (Wildman–Crippen MR) is 63.5 cm³/mol. The molecule has 15 heavy (non-hydrogen) atoms. The smallest absolute Gasteiger partial charge is 0.273 e. The highest BCUT2D eigenvalue weighted by Crippen LogP contribution is 2.27. The number of nitrogens with zero attached hydrogens (tertiary/aromatic N) is 1. The average Bonchev–Trinajstić information content (AvgIpc) is 2.11. The average molecular weight is 271 g/mol. The standard InChI is InChI=1S/C11H18Cl2N.ClH/c1-14(2)11(13)9-7-5-3-4-6-8-10(9)12;/h3-8H2,1-2H3;1H/q+1;/p-1/b10-9-;. The summed E-state index contributed by atoms with van der Waals surface area (Å²) in [5, 5.41) is 1.76.